The fourth-order valence-corrected chi connectivity index (χ4v) is 2.21. The van der Waals surface area contributed by atoms with Crippen molar-refractivity contribution >= 4 is 17.3 Å². The summed E-state index contributed by atoms with van der Waals surface area (Å²) < 4.78 is 5.73. The number of hydrogen-bond donors (Lipinski definition) is 1. The normalized spacial score (nSPS) is 11.2. The van der Waals surface area contributed by atoms with Crippen molar-refractivity contribution in [3.8, 4) is 5.75 Å². The van der Waals surface area contributed by atoms with Crippen molar-refractivity contribution in [3.05, 3.63) is 59.1 Å². The van der Waals surface area contributed by atoms with Gasteiger partial charge < -0.3 is 10.1 Å². The highest BCUT2D eigenvalue weighted by Gasteiger charge is 2.12. The molecular formula is C18H22ClNO. The Morgan fingerprint density at radius 2 is 1.67 bits per heavy atom. The second kappa shape index (κ2) is 6.86. The molecule has 0 amide bonds. The lowest BCUT2D eigenvalue weighted by Gasteiger charge is -2.19. The van der Waals surface area contributed by atoms with Crippen LogP contribution in [0.1, 0.15) is 26.3 Å². The van der Waals surface area contributed by atoms with E-state index in [1.807, 2.05) is 36.4 Å². The van der Waals surface area contributed by atoms with Crippen LogP contribution in [0.4, 0.5) is 5.69 Å². The van der Waals surface area contributed by atoms with Crippen LogP contribution in [0.5, 0.6) is 5.75 Å². The highest BCUT2D eigenvalue weighted by atomic mass is 35.5. The molecule has 1 N–H and O–H groups in total. The van der Waals surface area contributed by atoms with Crippen molar-refractivity contribution in [1.29, 1.82) is 0 Å². The van der Waals surface area contributed by atoms with E-state index >= 15 is 0 Å². The SMILES string of the molecule is CC(C)(C)c1ccc(OCCNc2ccccc2Cl)cc1. The lowest BCUT2D eigenvalue weighted by Crippen LogP contribution is -2.12. The summed E-state index contributed by atoms with van der Waals surface area (Å²) in [6.45, 7) is 7.92. The Bertz CT molecular complexity index is 573. The first kappa shape index (κ1) is 15.7. The summed E-state index contributed by atoms with van der Waals surface area (Å²) in [5.41, 5.74) is 2.42. The minimum absolute atomic E-state index is 0.171. The molecule has 0 fully saturated rings. The number of rotatable bonds is 5. The maximum Gasteiger partial charge on any atom is 0.119 e. The van der Waals surface area contributed by atoms with Crippen molar-refractivity contribution in [2.24, 2.45) is 0 Å². The van der Waals surface area contributed by atoms with Gasteiger partial charge in [0.25, 0.3) is 0 Å². The van der Waals surface area contributed by atoms with Crippen LogP contribution >= 0.6 is 11.6 Å². The first-order chi connectivity index (χ1) is 9.97. The van der Waals surface area contributed by atoms with Gasteiger partial charge in [-0.25, -0.2) is 0 Å². The third-order valence-electron chi connectivity index (χ3n) is 3.28. The molecule has 3 heteroatoms. The molecule has 0 aliphatic heterocycles. The highest BCUT2D eigenvalue weighted by molar-refractivity contribution is 6.33. The second-order valence-corrected chi connectivity index (χ2v) is 6.44. The second-order valence-electron chi connectivity index (χ2n) is 6.03. The molecule has 2 nitrogen and oxygen atoms in total. The van der Waals surface area contributed by atoms with Crippen LogP contribution in [-0.2, 0) is 5.41 Å². The molecule has 0 heterocycles. The smallest absolute Gasteiger partial charge is 0.119 e. The van der Waals surface area contributed by atoms with Crippen molar-refractivity contribution < 1.29 is 4.74 Å². The van der Waals surface area contributed by atoms with E-state index in [0.29, 0.717) is 13.2 Å². The quantitative estimate of drug-likeness (QED) is 0.773. The van der Waals surface area contributed by atoms with Crippen LogP contribution in [0.15, 0.2) is 48.5 Å². The summed E-state index contributed by atoms with van der Waals surface area (Å²) >= 11 is 6.08. The molecule has 0 spiro atoms. The van der Waals surface area contributed by atoms with Crippen LogP contribution in [0.3, 0.4) is 0 Å². The highest BCUT2D eigenvalue weighted by Crippen LogP contribution is 2.24. The summed E-state index contributed by atoms with van der Waals surface area (Å²) in [6, 6.07) is 16.0. The number of ether oxygens (including phenoxy) is 1. The summed E-state index contributed by atoms with van der Waals surface area (Å²) in [5.74, 6) is 0.893. The van der Waals surface area contributed by atoms with Gasteiger partial charge in [-0.1, -0.05) is 56.6 Å². The molecule has 0 aromatic heterocycles. The summed E-state index contributed by atoms with van der Waals surface area (Å²) in [6.07, 6.45) is 0. The van der Waals surface area contributed by atoms with Crippen LogP contribution in [0.25, 0.3) is 0 Å². The first-order valence-corrected chi connectivity index (χ1v) is 7.56. The predicted molar refractivity (Wildman–Crippen MR) is 90.6 cm³/mol. The van der Waals surface area contributed by atoms with Gasteiger partial charge in [0.1, 0.15) is 12.4 Å². The van der Waals surface area contributed by atoms with Crippen molar-refractivity contribution in [3.63, 3.8) is 0 Å². The van der Waals surface area contributed by atoms with Crippen LogP contribution < -0.4 is 10.1 Å². The van der Waals surface area contributed by atoms with E-state index in [2.05, 4.69) is 38.2 Å². The van der Waals surface area contributed by atoms with Crippen LogP contribution in [0, 0.1) is 0 Å². The number of benzene rings is 2. The molecule has 0 bridgehead atoms. The monoisotopic (exact) mass is 303 g/mol. The van der Waals surface area contributed by atoms with E-state index in [1.165, 1.54) is 5.56 Å². The van der Waals surface area contributed by atoms with E-state index in [9.17, 15) is 0 Å². The van der Waals surface area contributed by atoms with E-state index in [-0.39, 0.29) is 5.41 Å². The zero-order valence-corrected chi connectivity index (χ0v) is 13.6. The standard InChI is InChI=1S/C18H22ClNO/c1-18(2,3)14-8-10-15(11-9-14)21-13-12-20-17-7-5-4-6-16(17)19/h4-11,20H,12-13H2,1-3H3. The molecule has 0 aliphatic rings. The van der Waals surface area contributed by atoms with E-state index < -0.39 is 0 Å². The van der Waals surface area contributed by atoms with Gasteiger partial charge in [-0.3, -0.25) is 0 Å². The summed E-state index contributed by atoms with van der Waals surface area (Å²) in [4.78, 5) is 0. The lowest BCUT2D eigenvalue weighted by molar-refractivity contribution is 0.332. The van der Waals surface area contributed by atoms with Gasteiger partial charge in [0, 0.05) is 6.54 Å². The number of anilines is 1. The number of nitrogens with one attached hydrogen (secondary N) is 1. The lowest BCUT2D eigenvalue weighted by atomic mass is 9.87. The largest absolute Gasteiger partial charge is 0.492 e. The van der Waals surface area contributed by atoms with Gasteiger partial charge in [0.2, 0.25) is 0 Å². The maximum atomic E-state index is 6.08. The van der Waals surface area contributed by atoms with Crippen LogP contribution in [0.2, 0.25) is 5.02 Å². The third-order valence-corrected chi connectivity index (χ3v) is 3.61. The Hall–Kier alpha value is -1.67. The fourth-order valence-electron chi connectivity index (χ4n) is 2.01. The molecule has 0 saturated heterocycles. The Labute approximate surface area is 132 Å². The predicted octanol–water partition coefficient (Wildman–Crippen LogP) is 5.13. The Kier molecular flexibility index (Phi) is 5.13. The van der Waals surface area contributed by atoms with Crippen molar-refractivity contribution in [2.75, 3.05) is 18.5 Å². The molecule has 2 aromatic rings. The van der Waals surface area contributed by atoms with Gasteiger partial charge in [-0.15, -0.1) is 0 Å². The molecule has 0 unspecified atom stereocenters. The van der Waals surface area contributed by atoms with Crippen LogP contribution in [-0.4, -0.2) is 13.2 Å². The van der Waals surface area contributed by atoms with E-state index in [1.54, 1.807) is 0 Å². The molecule has 112 valence electrons. The minimum atomic E-state index is 0.171. The zero-order valence-electron chi connectivity index (χ0n) is 12.8. The van der Waals surface area contributed by atoms with Crippen molar-refractivity contribution in [1.82, 2.24) is 0 Å². The van der Waals surface area contributed by atoms with Gasteiger partial charge in [-0.05, 0) is 35.2 Å². The number of para-hydroxylation sites is 1. The Morgan fingerprint density at radius 1 is 1.00 bits per heavy atom. The molecule has 0 saturated carbocycles. The van der Waals surface area contributed by atoms with Gasteiger partial charge in [-0.2, -0.15) is 0 Å². The summed E-state index contributed by atoms with van der Waals surface area (Å²) in [7, 11) is 0. The topological polar surface area (TPSA) is 21.3 Å². The van der Waals surface area contributed by atoms with E-state index in [0.717, 1.165) is 16.5 Å². The van der Waals surface area contributed by atoms with E-state index in [4.69, 9.17) is 16.3 Å². The van der Waals surface area contributed by atoms with Gasteiger partial charge in [0.15, 0.2) is 0 Å². The van der Waals surface area contributed by atoms with Gasteiger partial charge >= 0.3 is 0 Å². The maximum absolute atomic E-state index is 6.08. The molecular weight excluding hydrogens is 282 g/mol. The minimum Gasteiger partial charge on any atom is -0.492 e. The number of hydrogen-bond acceptors (Lipinski definition) is 2. The Morgan fingerprint density at radius 3 is 2.29 bits per heavy atom. The molecule has 21 heavy (non-hydrogen) atoms. The first-order valence-electron chi connectivity index (χ1n) is 7.18. The fraction of sp³-hybridized carbons (Fsp3) is 0.333. The summed E-state index contributed by atoms with van der Waals surface area (Å²) in [5, 5.41) is 3.99. The molecule has 0 aliphatic carbocycles. The number of halogens is 1. The molecule has 0 radical (unpaired) electrons. The molecule has 2 aromatic carbocycles. The average molecular weight is 304 g/mol. The molecule has 2 rings (SSSR count). The molecule has 0 atom stereocenters. The Balaban J connectivity index is 1.80. The van der Waals surface area contributed by atoms with Crippen molar-refractivity contribution in [2.45, 2.75) is 26.2 Å². The third kappa shape index (κ3) is 4.68. The zero-order chi connectivity index (χ0) is 15.3. The van der Waals surface area contributed by atoms with Gasteiger partial charge in [0.05, 0.1) is 10.7 Å². The average Bonchev–Trinajstić information content (AvgIpc) is 2.45.